The molecule has 2 amide bonds. The zero-order valence-corrected chi connectivity index (χ0v) is 15.8. The van der Waals surface area contributed by atoms with Gasteiger partial charge in [-0.3, -0.25) is 20.4 Å². The molecule has 0 aliphatic heterocycles. The van der Waals surface area contributed by atoms with Gasteiger partial charge in [0.25, 0.3) is 11.8 Å². The number of amides is 2. The minimum atomic E-state index is -0.483. The average molecular weight is 393 g/mol. The SMILES string of the molecule is Cc1cc(OCC(=O)NNC(=O)/C=C/c2ccc(Cl)cc2)cc(C)c1Cl. The normalized spacial score (nSPS) is 10.6. The van der Waals surface area contributed by atoms with Gasteiger partial charge in [-0.05, 0) is 60.9 Å². The van der Waals surface area contributed by atoms with Crippen molar-refractivity contribution in [1.82, 2.24) is 10.9 Å². The van der Waals surface area contributed by atoms with E-state index in [9.17, 15) is 9.59 Å². The highest BCUT2D eigenvalue weighted by Crippen LogP contribution is 2.25. The predicted octanol–water partition coefficient (Wildman–Crippen LogP) is 3.85. The third-order valence-electron chi connectivity index (χ3n) is 3.40. The van der Waals surface area contributed by atoms with E-state index in [1.807, 2.05) is 13.8 Å². The summed E-state index contributed by atoms with van der Waals surface area (Å²) >= 11 is 11.9. The predicted molar refractivity (Wildman–Crippen MR) is 103 cm³/mol. The van der Waals surface area contributed by atoms with Gasteiger partial charge in [0.1, 0.15) is 5.75 Å². The quantitative estimate of drug-likeness (QED) is 0.599. The monoisotopic (exact) mass is 392 g/mol. The van der Waals surface area contributed by atoms with Crippen molar-refractivity contribution < 1.29 is 14.3 Å². The minimum absolute atomic E-state index is 0.234. The van der Waals surface area contributed by atoms with Crippen LogP contribution in [0.1, 0.15) is 16.7 Å². The number of carbonyl (C=O) groups excluding carboxylic acids is 2. The zero-order valence-electron chi connectivity index (χ0n) is 14.3. The molecule has 2 aromatic carbocycles. The largest absolute Gasteiger partial charge is 0.484 e. The maximum Gasteiger partial charge on any atom is 0.276 e. The molecule has 0 atom stereocenters. The maximum absolute atomic E-state index is 11.8. The summed E-state index contributed by atoms with van der Waals surface area (Å²) in [7, 11) is 0. The van der Waals surface area contributed by atoms with Crippen molar-refractivity contribution in [3.05, 3.63) is 69.2 Å². The average Bonchev–Trinajstić information content (AvgIpc) is 2.62. The molecule has 0 unspecified atom stereocenters. The van der Waals surface area contributed by atoms with Gasteiger partial charge in [0.15, 0.2) is 6.61 Å². The van der Waals surface area contributed by atoms with Crippen LogP contribution in [-0.2, 0) is 9.59 Å². The van der Waals surface area contributed by atoms with Crippen LogP contribution >= 0.6 is 23.2 Å². The first-order valence-electron chi connectivity index (χ1n) is 7.77. The Hall–Kier alpha value is -2.50. The fourth-order valence-electron chi connectivity index (χ4n) is 2.09. The molecule has 0 aromatic heterocycles. The van der Waals surface area contributed by atoms with Gasteiger partial charge in [-0.2, -0.15) is 0 Å². The Balaban J connectivity index is 1.77. The number of carbonyl (C=O) groups is 2. The van der Waals surface area contributed by atoms with Gasteiger partial charge in [-0.25, -0.2) is 0 Å². The summed E-state index contributed by atoms with van der Waals surface area (Å²) in [5.74, 6) is -0.413. The van der Waals surface area contributed by atoms with Crippen LogP contribution in [0.2, 0.25) is 10.0 Å². The second kappa shape index (κ2) is 9.27. The van der Waals surface area contributed by atoms with Crippen LogP contribution in [0.3, 0.4) is 0 Å². The molecule has 0 aliphatic rings. The van der Waals surface area contributed by atoms with E-state index in [4.69, 9.17) is 27.9 Å². The van der Waals surface area contributed by atoms with E-state index < -0.39 is 11.8 Å². The van der Waals surface area contributed by atoms with Gasteiger partial charge in [0.2, 0.25) is 0 Å². The number of rotatable bonds is 5. The lowest BCUT2D eigenvalue weighted by Gasteiger charge is -2.10. The van der Waals surface area contributed by atoms with Crippen molar-refractivity contribution in [1.29, 1.82) is 0 Å². The van der Waals surface area contributed by atoms with Crippen LogP contribution in [-0.4, -0.2) is 18.4 Å². The molecule has 0 fully saturated rings. The summed E-state index contributed by atoms with van der Waals surface area (Å²) in [6.45, 7) is 3.48. The number of hydrogen-bond donors (Lipinski definition) is 2. The van der Waals surface area contributed by atoms with E-state index in [0.29, 0.717) is 15.8 Å². The Labute approximate surface area is 161 Å². The van der Waals surface area contributed by atoms with Crippen molar-refractivity contribution >= 4 is 41.1 Å². The Morgan fingerprint density at radius 3 is 2.27 bits per heavy atom. The van der Waals surface area contributed by atoms with E-state index in [-0.39, 0.29) is 6.61 Å². The van der Waals surface area contributed by atoms with Crippen molar-refractivity contribution in [2.45, 2.75) is 13.8 Å². The summed E-state index contributed by atoms with van der Waals surface area (Å²) in [6, 6.07) is 10.5. The minimum Gasteiger partial charge on any atom is -0.484 e. The third kappa shape index (κ3) is 6.10. The molecule has 0 saturated carbocycles. The van der Waals surface area contributed by atoms with Gasteiger partial charge in [0, 0.05) is 16.1 Å². The Kier molecular flexibility index (Phi) is 7.06. The van der Waals surface area contributed by atoms with E-state index in [2.05, 4.69) is 10.9 Å². The second-order valence-corrected chi connectivity index (χ2v) is 6.40. The first kappa shape index (κ1) is 19.8. The molecule has 0 saturated heterocycles. The first-order valence-corrected chi connectivity index (χ1v) is 8.53. The highest BCUT2D eigenvalue weighted by Gasteiger charge is 2.07. The molecule has 136 valence electrons. The van der Waals surface area contributed by atoms with Crippen molar-refractivity contribution in [2.24, 2.45) is 0 Å². The fourth-order valence-corrected chi connectivity index (χ4v) is 2.33. The molecule has 0 bridgehead atoms. The van der Waals surface area contributed by atoms with Crippen LogP contribution in [0.25, 0.3) is 6.08 Å². The summed E-state index contributed by atoms with van der Waals surface area (Å²) in [5, 5.41) is 1.28. The smallest absolute Gasteiger partial charge is 0.276 e. The van der Waals surface area contributed by atoms with E-state index in [0.717, 1.165) is 16.7 Å². The third-order valence-corrected chi connectivity index (χ3v) is 4.25. The van der Waals surface area contributed by atoms with Gasteiger partial charge in [0.05, 0.1) is 0 Å². The number of nitrogens with one attached hydrogen (secondary N) is 2. The number of hydrazine groups is 1. The number of hydrogen-bond acceptors (Lipinski definition) is 3. The van der Waals surface area contributed by atoms with Gasteiger partial charge in [-0.1, -0.05) is 35.3 Å². The van der Waals surface area contributed by atoms with Crippen LogP contribution in [0, 0.1) is 13.8 Å². The summed E-state index contributed by atoms with van der Waals surface area (Å²) < 4.78 is 5.40. The molecule has 7 heteroatoms. The first-order chi connectivity index (χ1) is 12.3. The number of benzene rings is 2. The lowest BCUT2D eigenvalue weighted by molar-refractivity contribution is -0.128. The summed E-state index contributed by atoms with van der Waals surface area (Å²) in [6.07, 6.45) is 2.91. The van der Waals surface area contributed by atoms with E-state index in [1.54, 1.807) is 42.5 Å². The molecule has 26 heavy (non-hydrogen) atoms. The molecule has 2 rings (SSSR count). The molecule has 0 aliphatic carbocycles. The van der Waals surface area contributed by atoms with Gasteiger partial charge < -0.3 is 4.74 Å². The Bertz CT molecular complexity index is 810. The highest BCUT2D eigenvalue weighted by molar-refractivity contribution is 6.32. The van der Waals surface area contributed by atoms with Crippen molar-refractivity contribution in [2.75, 3.05) is 6.61 Å². The highest BCUT2D eigenvalue weighted by atomic mass is 35.5. The second-order valence-electron chi connectivity index (χ2n) is 5.58. The van der Waals surface area contributed by atoms with Crippen LogP contribution in [0.15, 0.2) is 42.5 Å². The molecule has 2 N–H and O–H groups in total. The molecule has 0 heterocycles. The summed E-state index contributed by atoms with van der Waals surface area (Å²) in [4.78, 5) is 23.4. The molecule has 5 nitrogen and oxygen atoms in total. The van der Waals surface area contributed by atoms with Crippen LogP contribution in [0.4, 0.5) is 0 Å². The zero-order chi connectivity index (χ0) is 19.1. The lowest BCUT2D eigenvalue weighted by Crippen LogP contribution is -2.43. The lowest BCUT2D eigenvalue weighted by atomic mass is 10.1. The van der Waals surface area contributed by atoms with Crippen LogP contribution < -0.4 is 15.6 Å². The number of halogens is 2. The molecule has 0 spiro atoms. The Morgan fingerprint density at radius 2 is 1.65 bits per heavy atom. The maximum atomic E-state index is 11.8. The van der Waals surface area contributed by atoms with Crippen LogP contribution in [0.5, 0.6) is 5.75 Å². The van der Waals surface area contributed by atoms with Crippen molar-refractivity contribution in [3.8, 4) is 5.75 Å². The van der Waals surface area contributed by atoms with Gasteiger partial charge in [-0.15, -0.1) is 0 Å². The van der Waals surface area contributed by atoms with E-state index in [1.165, 1.54) is 6.08 Å². The number of aryl methyl sites for hydroxylation is 2. The Morgan fingerprint density at radius 1 is 1.04 bits per heavy atom. The topological polar surface area (TPSA) is 67.4 Å². The summed E-state index contributed by atoms with van der Waals surface area (Å²) in [5.41, 5.74) is 7.10. The molecular weight excluding hydrogens is 375 g/mol. The molecule has 2 aromatic rings. The molecular formula is C19H18Cl2N2O3. The van der Waals surface area contributed by atoms with Crippen molar-refractivity contribution in [3.63, 3.8) is 0 Å². The molecule has 0 radical (unpaired) electrons. The van der Waals surface area contributed by atoms with Gasteiger partial charge >= 0.3 is 0 Å². The fraction of sp³-hybridized carbons (Fsp3) is 0.158. The number of ether oxygens (including phenoxy) is 1. The standard InChI is InChI=1S/C19H18Cl2N2O3/c1-12-9-16(10-13(2)19(12)21)26-11-18(25)23-22-17(24)8-5-14-3-6-15(20)7-4-14/h3-10H,11H2,1-2H3,(H,22,24)(H,23,25)/b8-5+. The van der Waals surface area contributed by atoms with E-state index >= 15 is 0 Å².